The van der Waals surface area contributed by atoms with Crippen LogP contribution in [0, 0.1) is 16.7 Å². The maximum Gasteiger partial charge on any atom is 0.101 e. The molecule has 0 bridgehead atoms. The number of halogens is 1. The Morgan fingerprint density at radius 3 is 2.94 bits per heavy atom. The number of hydrogen-bond donors (Lipinski definition) is 1. The van der Waals surface area contributed by atoms with Crippen LogP contribution in [-0.2, 0) is 0 Å². The molecule has 4 heteroatoms. The van der Waals surface area contributed by atoms with Gasteiger partial charge in [-0.05, 0) is 36.6 Å². The van der Waals surface area contributed by atoms with Crippen LogP contribution in [0.25, 0.3) is 0 Å². The van der Waals surface area contributed by atoms with Gasteiger partial charge in [-0.2, -0.15) is 5.26 Å². The molecule has 1 aliphatic rings. The summed E-state index contributed by atoms with van der Waals surface area (Å²) < 4.78 is 0. The lowest BCUT2D eigenvalue weighted by atomic mass is 9.90. The van der Waals surface area contributed by atoms with Crippen molar-refractivity contribution in [3.05, 3.63) is 28.8 Å². The predicted molar refractivity (Wildman–Crippen MR) is 70.2 cm³/mol. The van der Waals surface area contributed by atoms with E-state index in [1.807, 2.05) is 12.1 Å². The largest absolute Gasteiger partial charge is 0.370 e. The monoisotopic (exact) mass is 249 g/mol. The Morgan fingerprint density at radius 1 is 1.59 bits per heavy atom. The fourth-order valence-corrected chi connectivity index (χ4v) is 2.44. The lowest BCUT2D eigenvalue weighted by Gasteiger charge is -2.24. The second kappa shape index (κ2) is 4.56. The van der Waals surface area contributed by atoms with Gasteiger partial charge in [-0.3, -0.25) is 0 Å². The minimum absolute atomic E-state index is 0.159. The summed E-state index contributed by atoms with van der Waals surface area (Å²) >= 11 is 5.90. The van der Waals surface area contributed by atoms with Crippen molar-refractivity contribution in [3.8, 4) is 6.07 Å². The van der Waals surface area contributed by atoms with Crippen molar-refractivity contribution in [1.29, 1.82) is 5.26 Å². The molecule has 1 saturated heterocycles. The molecule has 0 saturated carbocycles. The lowest BCUT2D eigenvalue weighted by molar-refractivity contribution is 0.383. The maximum atomic E-state index is 9.13. The molecular formula is C13H16ClN3. The summed E-state index contributed by atoms with van der Waals surface area (Å²) in [5.74, 6) is 0. The SMILES string of the molecule is CC1(CN)CCN(c2ccc(Cl)cc2C#N)C1. The van der Waals surface area contributed by atoms with Gasteiger partial charge in [-0.1, -0.05) is 18.5 Å². The third-order valence-electron chi connectivity index (χ3n) is 3.47. The summed E-state index contributed by atoms with van der Waals surface area (Å²) in [6, 6.07) is 7.67. The molecule has 17 heavy (non-hydrogen) atoms. The van der Waals surface area contributed by atoms with Crippen LogP contribution in [0.3, 0.4) is 0 Å². The molecule has 0 spiro atoms. The molecule has 2 rings (SSSR count). The molecule has 1 aromatic rings. The van der Waals surface area contributed by atoms with Crippen molar-refractivity contribution < 1.29 is 0 Å². The van der Waals surface area contributed by atoms with Crippen molar-refractivity contribution in [2.24, 2.45) is 11.1 Å². The van der Waals surface area contributed by atoms with E-state index in [1.165, 1.54) is 0 Å². The van der Waals surface area contributed by atoms with E-state index in [1.54, 1.807) is 6.07 Å². The van der Waals surface area contributed by atoms with Crippen LogP contribution in [-0.4, -0.2) is 19.6 Å². The molecule has 0 amide bonds. The molecule has 0 aromatic heterocycles. The van der Waals surface area contributed by atoms with Gasteiger partial charge in [-0.15, -0.1) is 0 Å². The fraction of sp³-hybridized carbons (Fsp3) is 0.462. The first-order valence-corrected chi connectivity index (χ1v) is 6.10. The summed E-state index contributed by atoms with van der Waals surface area (Å²) in [6.45, 7) is 4.72. The third-order valence-corrected chi connectivity index (χ3v) is 3.71. The normalized spacial score (nSPS) is 23.8. The molecule has 1 atom stereocenters. The molecule has 1 unspecified atom stereocenters. The van der Waals surface area contributed by atoms with Crippen molar-refractivity contribution in [2.45, 2.75) is 13.3 Å². The number of hydrogen-bond acceptors (Lipinski definition) is 3. The van der Waals surface area contributed by atoms with Gasteiger partial charge in [-0.25, -0.2) is 0 Å². The number of benzene rings is 1. The first kappa shape index (κ1) is 12.2. The third kappa shape index (κ3) is 2.38. The second-order valence-electron chi connectivity index (χ2n) is 4.96. The van der Waals surface area contributed by atoms with E-state index < -0.39 is 0 Å². The summed E-state index contributed by atoms with van der Waals surface area (Å²) in [4.78, 5) is 2.22. The smallest absolute Gasteiger partial charge is 0.101 e. The van der Waals surface area contributed by atoms with E-state index in [0.717, 1.165) is 25.2 Å². The molecule has 0 radical (unpaired) electrons. The summed E-state index contributed by atoms with van der Waals surface area (Å²) in [5, 5.41) is 9.73. The van der Waals surface area contributed by atoms with Crippen LogP contribution in [0.1, 0.15) is 18.9 Å². The first-order valence-electron chi connectivity index (χ1n) is 5.73. The molecular weight excluding hydrogens is 234 g/mol. The Bertz CT molecular complexity index is 466. The summed E-state index contributed by atoms with van der Waals surface area (Å²) in [5.41, 5.74) is 7.55. The van der Waals surface area contributed by atoms with Crippen LogP contribution in [0.15, 0.2) is 18.2 Å². The molecule has 90 valence electrons. The van der Waals surface area contributed by atoms with Gasteiger partial charge in [0.15, 0.2) is 0 Å². The van der Waals surface area contributed by atoms with Crippen molar-refractivity contribution in [2.75, 3.05) is 24.5 Å². The van der Waals surface area contributed by atoms with Gasteiger partial charge in [0.05, 0.1) is 11.3 Å². The predicted octanol–water partition coefficient (Wildman–Crippen LogP) is 2.39. The summed E-state index contributed by atoms with van der Waals surface area (Å²) in [6.07, 6.45) is 1.07. The number of nitriles is 1. The van der Waals surface area contributed by atoms with E-state index >= 15 is 0 Å². The lowest BCUT2D eigenvalue weighted by Crippen LogP contribution is -2.31. The molecule has 1 aliphatic heterocycles. The van der Waals surface area contributed by atoms with Gasteiger partial charge in [0.2, 0.25) is 0 Å². The molecule has 2 N–H and O–H groups in total. The highest BCUT2D eigenvalue weighted by molar-refractivity contribution is 6.30. The van der Waals surface area contributed by atoms with E-state index in [0.29, 0.717) is 17.1 Å². The standard InChI is InChI=1S/C13H16ClN3/c1-13(8-16)4-5-17(9-13)12-3-2-11(14)6-10(12)7-15/h2-3,6H,4-5,8-9,16H2,1H3. The quantitative estimate of drug-likeness (QED) is 0.876. The van der Waals surface area contributed by atoms with Crippen molar-refractivity contribution in [1.82, 2.24) is 0 Å². The maximum absolute atomic E-state index is 9.13. The average Bonchev–Trinajstić information content (AvgIpc) is 2.72. The zero-order chi connectivity index (χ0) is 12.5. The fourth-order valence-electron chi connectivity index (χ4n) is 2.27. The van der Waals surface area contributed by atoms with Crippen LogP contribution in [0.5, 0.6) is 0 Å². The van der Waals surface area contributed by atoms with Gasteiger partial charge < -0.3 is 10.6 Å². The van der Waals surface area contributed by atoms with E-state index in [4.69, 9.17) is 22.6 Å². The van der Waals surface area contributed by atoms with E-state index in [9.17, 15) is 0 Å². The summed E-state index contributed by atoms with van der Waals surface area (Å²) in [7, 11) is 0. The molecule has 3 nitrogen and oxygen atoms in total. The molecule has 1 aromatic carbocycles. The minimum Gasteiger partial charge on any atom is -0.370 e. The number of nitrogens with two attached hydrogens (primary N) is 1. The highest BCUT2D eigenvalue weighted by Crippen LogP contribution is 2.34. The van der Waals surface area contributed by atoms with Crippen LogP contribution in [0.4, 0.5) is 5.69 Å². The van der Waals surface area contributed by atoms with Gasteiger partial charge in [0.1, 0.15) is 6.07 Å². The molecule has 0 aliphatic carbocycles. The van der Waals surface area contributed by atoms with Crippen molar-refractivity contribution in [3.63, 3.8) is 0 Å². The zero-order valence-electron chi connectivity index (χ0n) is 9.91. The van der Waals surface area contributed by atoms with Gasteiger partial charge in [0.25, 0.3) is 0 Å². The Labute approximate surface area is 107 Å². The molecule has 1 heterocycles. The Hall–Kier alpha value is -1.24. The van der Waals surface area contributed by atoms with Crippen LogP contribution >= 0.6 is 11.6 Å². The highest BCUT2D eigenvalue weighted by atomic mass is 35.5. The Kier molecular flexibility index (Phi) is 3.28. The van der Waals surface area contributed by atoms with Crippen LogP contribution < -0.4 is 10.6 Å². The topological polar surface area (TPSA) is 53.0 Å². The minimum atomic E-state index is 0.159. The van der Waals surface area contributed by atoms with Gasteiger partial charge in [0, 0.05) is 18.1 Å². The molecule has 1 fully saturated rings. The van der Waals surface area contributed by atoms with E-state index in [2.05, 4.69) is 17.9 Å². The first-order chi connectivity index (χ1) is 8.08. The highest BCUT2D eigenvalue weighted by Gasteiger charge is 2.33. The number of anilines is 1. The Morgan fingerprint density at radius 2 is 2.35 bits per heavy atom. The average molecular weight is 250 g/mol. The van der Waals surface area contributed by atoms with Crippen LogP contribution in [0.2, 0.25) is 5.02 Å². The number of nitrogens with zero attached hydrogens (tertiary/aromatic N) is 2. The Balaban J connectivity index is 2.28. The zero-order valence-corrected chi connectivity index (χ0v) is 10.7. The second-order valence-corrected chi connectivity index (χ2v) is 5.40. The number of rotatable bonds is 2. The van der Waals surface area contributed by atoms with E-state index in [-0.39, 0.29) is 5.41 Å². The van der Waals surface area contributed by atoms with Gasteiger partial charge >= 0.3 is 0 Å². The van der Waals surface area contributed by atoms with Crippen molar-refractivity contribution >= 4 is 17.3 Å².